The first-order valence-corrected chi connectivity index (χ1v) is 8.28. The van der Waals surface area contributed by atoms with Gasteiger partial charge in [0.1, 0.15) is 5.82 Å². The molecule has 5 heteroatoms. The molecule has 1 saturated heterocycles. The molecular weight excluding hydrogens is 315 g/mol. The molecule has 1 aliphatic rings. The van der Waals surface area contributed by atoms with Crippen molar-refractivity contribution in [1.82, 2.24) is 10.2 Å². The van der Waals surface area contributed by atoms with Gasteiger partial charge in [-0.2, -0.15) is 0 Å². The number of hydrogen-bond donors (Lipinski definition) is 1. The summed E-state index contributed by atoms with van der Waals surface area (Å²) in [5, 5.41) is 3.20. The molecule has 1 fully saturated rings. The summed E-state index contributed by atoms with van der Waals surface area (Å²) < 4.78 is 13.6. The molecule has 0 radical (unpaired) electrons. The number of benzene rings is 1. The molecule has 23 heavy (non-hydrogen) atoms. The van der Waals surface area contributed by atoms with E-state index in [2.05, 4.69) is 5.32 Å². The molecule has 1 amide bonds. The summed E-state index contributed by atoms with van der Waals surface area (Å²) in [6.07, 6.45) is 3.59. The minimum atomic E-state index is -0.172. The predicted molar refractivity (Wildman–Crippen MR) is 94.4 cm³/mol. The van der Waals surface area contributed by atoms with E-state index in [4.69, 9.17) is 0 Å². The number of nitrogens with one attached hydrogen (secondary N) is 1. The standard InChI is InChI=1S/C18H27FN2O.ClH/c1-14(9-10-16-7-3-4-8-17(16)19)18(22)21-11-5-6-15(13-21)12-20-2;/h3-4,7-8,14-15,20H,5-6,9-13H2,1-2H3;1H. The third-order valence-corrected chi connectivity index (χ3v) is 4.55. The lowest BCUT2D eigenvalue weighted by molar-refractivity contribution is -0.137. The van der Waals surface area contributed by atoms with Gasteiger partial charge in [0.05, 0.1) is 0 Å². The van der Waals surface area contributed by atoms with Crippen LogP contribution in [0, 0.1) is 17.7 Å². The van der Waals surface area contributed by atoms with Crippen molar-refractivity contribution in [2.24, 2.45) is 11.8 Å². The molecule has 130 valence electrons. The number of nitrogens with zero attached hydrogens (tertiary/aromatic N) is 1. The fourth-order valence-corrected chi connectivity index (χ4v) is 3.23. The lowest BCUT2D eigenvalue weighted by Gasteiger charge is -2.34. The van der Waals surface area contributed by atoms with E-state index in [9.17, 15) is 9.18 Å². The van der Waals surface area contributed by atoms with Gasteiger partial charge in [-0.1, -0.05) is 25.1 Å². The van der Waals surface area contributed by atoms with Crippen LogP contribution in [0.15, 0.2) is 24.3 Å². The fourth-order valence-electron chi connectivity index (χ4n) is 3.23. The van der Waals surface area contributed by atoms with Crippen molar-refractivity contribution >= 4 is 18.3 Å². The third-order valence-electron chi connectivity index (χ3n) is 4.55. The van der Waals surface area contributed by atoms with Gasteiger partial charge in [0.2, 0.25) is 5.91 Å². The number of hydrogen-bond acceptors (Lipinski definition) is 2. The summed E-state index contributed by atoms with van der Waals surface area (Å²) >= 11 is 0. The second-order valence-corrected chi connectivity index (χ2v) is 6.38. The highest BCUT2D eigenvalue weighted by molar-refractivity contribution is 5.85. The Morgan fingerprint density at radius 1 is 1.43 bits per heavy atom. The molecule has 0 aliphatic carbocycles. The lowest BCUT2D eigenvalue weighted by atomic mass is 9.95. The first-order chi connectivity index (χ1) is 10.6. The highest BCUT2D eigenvalue weighted by atomic mass is 35.5. The van der Waals surface area contributed by atoms with E-state index in [0.717, 1.165) is 26.1 Å². The van der Waals surface area contributed by atoms with E-state index in [1.165, 1.54) is 12.5 Å². The highest BCUT2D eigenvalue weighted by Gasteiger charge is 2.26. The number of carbonyl (C=O) groups is 1. The van der Waals surface area contributed by atoms with Crippen LogP contribution in [0.1, 0.15) is 31.7 Å². The van der Waals surface area contributed by atoms with Crippen molar-refractivity contribution < 1.29 is 9.18 Å². The Morgan fingerprint density at radius 2 is 2.17 bits per heavy atom. The van der Waals surface area contributed by atoms with Gasteiger partial charge in [0.15, 0.2) is 0 Å². The van der Waals surface area contributed by atoms with Crippen LogP contribution in [-0.2, 0) is 11.2 Å². The second-order valence-electron chi connectivity index (χ2n) is 6.38. The number of rotatable bonds is 6. The molecule has 1 aliphatic heterocycles. The van der Waals surface area contributed by atoms with Gasteiger partial charge >= 0.3 is 0 Å². The van der Waals surface area contributed by atoms with Crippen molar-refractivity contribution in [2.75, 3.05) is 26.7 Å². The molecule has 2 atom stereocenters. The molecule has 1 heterocycles. The summed E-state index contributed by atoms with van der Waals surface area (Å²) in [4.78, 5) is 14.6. The maximum atomic E-state index is 13.6. The van der Waals surface area contributed by atoms with Gasteiger partial charge in [-0.3, -0.25) is 4.79 Å². The van der Waals surface area contributed by atoms with Crippen molar-refractivity contribution in [1.29, 1.82) is 0 Å². The lowest BCUT2D eigenvalue weighted by Crippen LogP contribution is -2.44. The third kappa shape index (κ3) is 5.78. The topological polar surface area (TPSA) is 32.3 Å². The van der Waals surface area contributed by atoms with Crippen LogP contribution in [0.5, 0.6) is 0 Å². The molecule has 0 spiro atoms. The normalized spacial score (nSPS) is 19.1. The van der Waals surface area contributed by atoms with E-state index in [-0.39, 0.29) is 30.0 Å². The number of halogens is 2. The van der Waals surface area contributed by atoms with Crippen LogP contribution in [0.2, 0.25) is 0 Å². The van der Waals surface area contributed by atoms with Crippen LogP contribution in [0.3, 0.4) is 0 Å². The van der Waals surface area contributed by atoms with Crippen molar-refractivity contribution in [3.05, 3.63) is 35.6 Å². The summed E-state index contributed by atoms with van der Waals surface area (Å²) in [5.74, 6) is 0.556. The molecule has 1 aromatic rings. The summed E-state index contributed by atoms with van der Waals surface area (Å²) in [6, 6.07) is 6.83. The number of amides is 1. The van der Waals surface area contributed by atoms with Gasteiger partial charge in [-0.25, -0.2) is 4.39 Å². The minimum Gasteiger partial charge on any atom is -0.342 e. The van der Waals surface area contributed by atoms with Gasteiger partial charge < -0.3 is 10.2 Å². The smallest absolute Gasteiger partial charge is 0.225 e. The van der Waals surface area contributed by atoms with Crippen molar-refractivity contribution in [2.45, 2.75) is 32.6 Å². The number of aryl methyl sites for hydroxylation is 1. The zero-order valence-electron chi connectivity index (χ0n) is 14.1. The number of piperidine rings is 1. The Bertz CT molecular complexity index is 496. The molecule has 0 saturated carbocycles. The second kappa shape index (κ2) is 9.89. The van der Waals surface area contributed by atoms with Crippen molar-refractivity contribution in [3.8, 4) is 0 Å². The Kier molecular flexibility index (Phi) is 8.56. The molecule has 2 unspecified atom stereocenters. The van der Waals surface area contributed by atoms with Crippen LogP contribution >= 0.6 is 12.4 Å². The largest absolute Gasteiger partial charge is 0.342 e. The first-order valence-electron chi connectivity index (χ1n) is 8.28. The van der Waals surface area contributed by atoms with E-state index < -0.39 is 0 Å². The Morgan fingerprint density at radius 3 is 2.87 bits per heavy atom. The minimum absolute atomic E-state index is 0. The van der Waals surface area contributed by atoms with Crippen LogP contribution < -0.4 is 5.32 Å². The maximum Gasteiger partial charge on any atom is 0.225 e. The molecular formula is C18H28ClFN2O. The van der Waals surface area contributed by atoms with Crippen LogP contribution in [-0.4, -0.2) is 37.5 Å². The zero-order chi connectivity index (χ0) is 15.9. The Hall–Kier alpha value is -1.13. The maximum absolute atomic E-state index is 13.6. The van der Waals surface area contributed by atoms with Crippen LogP contribution in [0.4, 0.5) is 4.39 Å². The molecule has 2 rings (SSSR count). The zero-order valence-corrected chi connectivity index (χ0v) is 14.9. The Labute approximate surface area is 145 Å². The molecule has 0 bridgehead atoms. The number of carbonyl (C=O) groups excluding carboxylic acids is 1. The SMILES string of the molecule is CNCC1CCCN(C(=O)C(C)CCc2ccccc2F)C1.Cl. The fraction of sp³-hybridized carbons (Fsp3) is 0.611. The van der Waals surface area contributed by atoms with E-state index in [0.29, 0.717) is 24.3 Å². The quantitative estimate of drug-likeness (QED) is 0.860. The summed E-state index contributed by atoms with van der Waals surface area (Å²) in [6.45, 7) is 4.64. The molecule has 3 nitrogen and oxygen atoms in total. The van der Waals surface area contributed by atoms with Gasteiger partial charge in [-0.05, 0) is 56.8 Å². The molecule has 1 N–H and O–H groups in total. The van der Waals surface area contributed by atoms with E-state index in [1.54, 1.807) is 12.1 Å². The summed E-state index contributed by atoms with van der Waals surface area (Å²) in [7, 11) is 1.96. The summed E-state index contributed by atoms with van der Waals surface area (Å²) in [5.41, 5.74) is 0.703. The Balaban J connectivity index is 0.00000264. The molecule has 0 aromatic heterocycles. The predicted octanol–water partition coefficient (Wildman–Crippen LogP) is 3.27. The van der Waals surface area contributed by atoms with E-state index >= 15 is 0 Å². The van der Waals surface area contributed by atoms with Gasteiger partial charge in [0, 0.05) is 19.0 Å². The molecule has 1 aromatic carbocycles. The average Bonchev–Trinajstić information content (AvgIpc) is 2.53. The average molecular weight is 343 g/mol. The highest BCUT2D eigenvalue weighted by Crippen LogP contribution is 2.20. The van der Waals surface area contributed by atoms with E-state index in [1.807, 2.05) is 24.9 Å². The van der Waals surface area contributed by atoms with Crippen molar-refractivity contribution in [3.63, 3.8) is 0 Å². The first kappa shape index (κ1) is 19.9. The van der Waals surface area contributed by atoms with Gasteiger partial charge in [-0.15, -0.1) is 12.4 Å². The van der Waals surface area contributed by atoms with Crippen LogP contribution in [0.25, 0.3) is 0 Å². The number of likely N-dealkylation sites (tertiary alicyclic amines) is 1. The monoisotopic (exact) mass is 342 g/mol. The van der Waals surface area contributed by atoms with Gasteiger partial charge in [0.25, 0.3) is 0 Å².